The highest BCUT2D eigenvalue weighted by molar-refractivity contribution is 5.46. The molecule has 0 atom stereocenters. The van der Waals surface area contributed by atoms with Gasteiger partial charge in [-0.25, -0.2) is 4.98 Å². The molecule has 2 heteroatoms. The molecule has 0 saturated heterocycles. The Morgan fingerprint density at radius 1 is 1.11 bits per heavy atom. The third-order valence-corrected chi connectivity index (χ3v) is 2.50. The number of pyridine rings is 1. The lowest BCUT2D eigenvalue weighted by atomic mass is 10.2. The molecular formula is C16H16N2. The molecule has 0 aliphatic carbocycles. The third kappa shape index (κ3) is 3.64. The lowest BCUT2D eigenvalue weighted by Crippen LogP contribution is -1.98. The summed E-state index contributed by atoms with van der Waals surface area (Å²) in [4.78, 5) is 4.33. The van der Waals surface area contributed by atoms with Gasteiger partial charge in [0, 0.05) is 11.4 Å². The number of hydrogen-bond donors (Lipinski definition) is 1. The Kier molecular flexibility index (Phi) is 3.98. The molecule has 0 saturated carbocycles. The van der Waals surface area contributed by atoms with Crippen LogP contribution in [-0.2, 0) is 0 Å². The topological polar surface area (TPSA) is 24.9 Å². The van der Waals surface area contributed by atoms with Gasteiger partial charge in [-0.3, -0.25) is 0 Å². The summed E-state index contributed by atoms with van der Waals surface area (Å²) in [7, 11) is 0. The molecule has 1 aromatic carbocycles. The number of hydrogen-bond acceptors (Lipinski definition) is 2. The van der Waals surface area contributed by atoms with Crippen LogP contribution in [0.15, 0.2) is 42.5 Å². The van der Waals surface area contributed by atoms with Gasteiger partial charge in [-0.15, -0.1) is 0 Å². The van der Waals surface area contributed by atoms with E-state index in [0.717, 1.165) is 17.1 Å². The van der Waals surface area contributed by atoms with Gasteiger partial charge in [0.05, 0.1) is 6.54 Å². The van der Waals surface area contributed by atoms with Crippen molar-refractivity contribution in [3.8, 4) is 11.8 Å². The Labute approximate surface area is 108 Å². The Morgan fingerprint density at radius 3 is 2.72 bits per heavy atom. The SMILES string of the molecule is Cc1cccc(NCC#Cc2cccc(C)n2)c1. The Morgan fingerprint density at radius 2 is 1.94 bits per heavy atom. The molecule has 2 rings (SSSR count). The molecule has 0 unspecified atom stereocenters. The number of nitrogens with one attached hydrogen (secondary N) is 1. The standard InChI is InChI=1S/C16H16N2/c1-13-6-3-9-16(12-13)17-11-5-10-15-8-4-7-14(2)18-15/h3-4,6-9,12,17H,11H2,1-2H3. The van der Waals surface area contributed by atoms with Crippen LogP contribution in [0.25, 0.3) is 0 Å². The number of benzene rings is 1. The summed E-state index contributed by atoms with van der Waals surface area (Å²) in [5, 5.41) is 3.27. The molecule has 1 N–H and O–H groups in total. The molecule has 0 aliphatic rings. The van der Waals surface area contributed by atoms with Crippen molar-refractivity contribution in [3.05, 3.63) is 59.4 Å². The molecule has 1 aromatic heterocycles. The van der Waals surface area contributed by atoms with E-state index in [-0.39, 0.29) is 0 Å². The predicted octanol–water partition coefficient (Wildman–Crippen LogP) is 3.16. The highest BCUT2D eigenvalue weighted by Crippen LogP contribution is 2.08. The second-order valence-corrected chi connectivity index (χ2v) is 4.19. The Hall–Kier alpha value is -2.27. The normalized spacial score (nSPS) is 9.44. The van der Waals surface area contributed by atoms with E-state index in [9.17, 15) is 0 Å². The van der Waals surface area contributed by atoms with Crippen LogP contribution in [0.4, 0.5) is 5.69 Å². The van der Waals surface area contributed by atoms with E-state index in [1.165, 1.54) is 5.56 Å². The average molecular weight is 236 g/mol. The summed E-state index contributed by atoms with van der Waals surface area (Å²) in [5.74, 6) is 6.12. The lowest BCUT2D eigenvalue weighted by Gasteiger charge is -2.02. The van der Waals surface area contributed by atoms with Crippen molar-refractivity contribution in [2.24, 2.45) is 0 Å². The van der Waals surface area contributed by atoms with E-state index < -0.39 is 0 Å². The first kappa shape index (κ1) is 12.2. The van der Waals surface area contributed by atoms with E-state index in [1.54, 1.807) is 0 Å². The number of aromatic nitrogens is 1. The zero-order valence-corrected chi connectivity index (χ0v) is 10.7. The minimum atomic E-state index is 0.624. The van der Waals surface area contributed by atoms with Gasteiger partial charge < -0.3 is 5.32 Å². The van der Waals surface area contributed by atoms with Crippen molar-refractivity contribution in [2.45, 2.75) is 13.8 Å². The van der Waals surface area contributed by atoms with Gasteiger partial charge in [0.15, 0.2) is 0 Å². The first-order valence-corrected chi connectivity index (χ1v) is 5.97. The number of nitrogens with zero attached hydrogens (tertiary/aromatic N) is 1. The highest BCUT2D eigenvalue weighted by Gasteiger charge is 1.90. The van der Waals surface area contributed by atoms with Crippen LogP contribution < -0.4 is 5.32 Å². The molecule has 1 heterocycles. The molecule has 0 fully saturated rings. The van der Waals surface area contributed by atoms with Gasteiger partial charge in [0.1, 0.15) is 5.69 Å². The minimum absolute atomic E-state index is 0.624. The van der Waals surface area contributed by atoms with Crippen molar-refractivity contribution < 1.29 is 0 Å². The van der Waals surface area contributed by atoms with E-state index in [0.29, 0.717) is 6.54 Å². The number of rotatable bonds is 2. The van der Waals surface area contributed by atoms with E-state index >= 15 is 0 Å². The Balaban J connectivity index is 1.93. The molecule has 90 valence electrons. The van der Waals surface area contributed by atoms with Gasteiger partial charge in [-0.05, 0) is 49.6 Å². The number of anilines is 1. The van der Waals surface area contributed by atoms with Crippen LogP contribution >= 0.6 is 0 Å². The first-order chi connectivity index (χ1) is 8.74. The number of aryl methyl sites for hydroxylation is 2. The summed E-state index contributed by atoms with van der Waals surface area (Å²) >= 11 is 0. The average Bonchev–Trinajstić information content (AvgIpc) is 2.35. The largest absolute Gasteiger partial charge is 0.374 e. The zero-order valence-electron chi connectivity index (χ0n) is 10.7. The summed E-state index contributed by atoms with van der Waals surface area (Å²) in [6, 6.07) is 14.1. The van der Waals surface area contributed by atoms with Crippen molar-refractivity contribution >= 4 is 5.69 Å². The monoisotopic (exact) mass is 236 g/mol. The fourth-order valence-corrected chi connectivity index (χ4v) is 1.65. The second-order valence-electron chi connectivity index (χ2n) is 4.19. The fraction of sp³-hybridized carbons (Fsp3) is 0.188. The molecule has 0 radical (unpaired) electrons. The van der Waals surface area contributed by atoms with Crippen LogP contribution in [0.1, 0.15) is 17.0 Å². The van der Waals surface area contributed by atoms with Crippen LogP contribution in [0.3, 0.4) is 0 Å². The van der Waals surface area contributed by atoms with Crippen molar-refractivity contribution in [2.75, 3.05) is 11.9 Å². The highest BCUT2D eigenvalue weighted by atomic mass is 14.8. The Bertz CT molecular complexity index is 591. The third-order valence-electron chi connectivity index (χ3n) is 2.50. The summed E-state index contributed by atoms with van der Waals surface area (Å²) in [5.41, 5.74) is 4.16. The molecular weight excluding hydrogens is 220 g/mol. The van der Waals surface area contributed by atoms with Crippen LogP contribution in [-0.4, -0.2) is 11.5 Å². The van der Waals surface area contributed by atoms with E-state index in [4.69, 9.17) is 0 Å². The maximum atomic E-state index is 4.33. The van der Waals surface area contributed by atoms with E-state index in [1.807, 2.05) is 37.3 Å². The summed E-state index contributed by atoms with van der Waals surface area (Å²) in [6.45, 7) is 4.67. The zero-order chi connectivity index (χ0) is 12.8. The molecule has 0 aliphatic heterocycles. The van der Waals surface area contributed by atoms with Gasteiger partial charge in [-0.1, -0.05) is 24.1 Å². The van der Waals surface area contributed by atoms with Gasteiger partial charge >= 0.3 is 0 Å². The second kappa shape index (κ2) is 5.88. The van der Waals surface area contributed by atoms with Crippen molar-refractivity contribution in [3.63, 3.8) is 0 Å². The van der Waals surface area contributed by atoms with E-state index in [2.05, 4.69) is 41.2 Å². The van der Waals surface area contributed by atoms with Crippen LogP contribution in [0, 0.1) is 25.7 Å². The van der Waals surface area contributed by atoms with Crippen molar-refractivity contribution in [1.82, 2.24) is 4.98 Å². The summed E-state index contributed by atoms with van der Waals surface area (Å²) in [6.07, 6.45) is 0. The molecule has 2 aromatic rings. The molecule has 18 heavy (non-hydrogen) atoms. The summed E-state index contributed by atoms with van der Waals surface area (Å²) < 4.78 is 0. The van der Waals surface area contributed by atoms with Crippen molar-refractivity contribution in [1.29, 1.82) is 0 Å². The molecule has 2 nitrogen and oxygen atoms in total. The minimum Gasteiger partial charge on any atom is -0.374 e. The van der Waals surface area contributed by atoms with Gasteiger partial charge in [0.25, 0.3) is 0 Å². The fourth-order valence-electron chi connectivity index (χ4n) is 1.65. The molecule has 0 spiro atoms. The van der Waals surface area contributed by atoms with Gasteiger partial charge in [-0.2, -0.15) is 0 Å². The lowest BCUT2D eigenvalue weighted by molar-refractivity contribution is 1.17. The quantitative estimate of drug-likeness (QED) is 0.810. The smallest absolute Gasteiger partial charge is 0.113 e. The molecule has 0 amide bonds. The maximum absolute atomic E-state index is 4.33. The first-order valence-electron chi connectivity index (χ1n) is 5.97. The van der Waals surface area contributed by atoms with Crippen LogP contribution in [0.2, 0.25) is 0 Å². The molecule has 0 bridgehead atoms. The predicted molar refractivity (Wildman–Crippen MR) is 75.5 cm³/mol. The van der Waals surface area contributed by atoms with Crippen LogP contribution in [0.5, 0.6) is 0 Å². The maximum Gasteiger partial charge on any atom is 0.113 e. The van der Waals surface area contributed by atoms with Gasteiger partial charge in [0.2, 0.25) is 0 Å².